The summed E-state index contributed by atoms with van der Waals surface area (Å²) < 4.78 is 0. The molecule has 2 saturated carbocycles. The number of hydrazine groups is 1. The van der Waals surface area contributed by atoms with Gasteiger partial charge in [0.1, 0.15) is 0 Å². The van der Waals surface area contributed by atoms with Crippen molar-refractivity contribution in [2.75, 3.05) is 0 Å². The number of amides is 2. The van der Waals surface area contributed by atoms with Gasteiger partial charge in [-0.05, 0) is 90.7 Å². The van der Waals surface area contributed by atoms with E-state index in [4.69, 9.17) is 0 Å². The zero-order valence-corrected chi connectivity index (χ0v) is 16.8. The van der Waals surface area contributed by atoms with E-state index in [0.717, 1.165) is 0 Å². The Bertz CT molecular complexity index is 566. The topological polar surface area (TPSA) is 49.4 Å². The van der Waals surface area contributed by atoms with Gasteiger partial charge in [0.25, 0.3) is 5.91 Å². The summed E-state index contributed by atoms with van der Waals surface area (Å²) in [5.41, 5.74) is 2.71. The van der Waals surface area contributed by atoms with Gasteiger partial charge < -0.3 is 0 Å². The largest absolute Gasteiger partial charge is 2.00 e. The average molecular weight is 404 g/mol. The minimum atomic E-state index is -0.533. The molecule has 1 aromatic rings. The molecule has 4 nitrogen and oxygen atoms in total. The third-order valence-corrected chi connectivity index (χ3v) is 3.59. The third-order valence-electron chi connectivity index (χ3n) is 3.59. The molecular formula is C22H24FeN2O2+2. The van der Waals surface area contributed by atoms with Crippen LogP contribution in [0.15, 0.2) is 30.3 Å². The molecule has 0 aromatic heterocycles. The van der Waals surface area contributed by atoms with E-state index >= 15 is 0 Å². The maximum absolute atomic E-state index is 12.6. The van der Waals surface area contributed by atoms with Gasteiger partial charge in [-0.1, -0.05) is 18.2 Å². The maximum Gasteiger partial charge on any atom is 2.00 e. The molecule has 2 aliphatic rings. The molecule has 0 atom stereocenters. The Morgan fingerprint density at radius 2 is 1.30 bits per heavy atom. The first kappa shape index (κ1) is 23.7. The summed E-state index contributed by atoms with van der Waals surface area (Å²) in [6.07, 6.45) is 17.0. The molecule has 0 heterocycles. The molecule has 0 saturated heterocycles. The Kier molecular flexibility index (Phi) is 10.1. The van der Waals surface area contributed by atoms with Crippen molar-refractivity contribution in [1.82, 2.24) is 10.4 Å². The number of hydrogen-bond donors (Lipinski definition) is 1. The van der Waals surface area contributed by atoms with E-state index in [1.807, 2.05) is 58.9 Å². The van der Waals surface area contributed by atoms with E-state index in [-0.39, 0.29) is 28.9 Å². The van der Waals surface area contributed by atoms with Crippen molar-refractivity contribution >= 4 is 11.8 Å². The number of nitrogens with one attached hydrogen (secondary N) is 1. The number of carbonyl (C=O) groups is 2. The van der Waals surface area contributed by atoms with Gasteiger partial charge in [0.05, 0.1) is 11.5 Å². The first-order chi connectivity index (χ1) is 12.4. The summed E-state index contributed by atoms with van der Waals surface area (Å²) in [5, 5.41) is 1.37. The van der Waals surface area contributed by atoms with Gasteiger partial charge in [-0.15, -0.1) is 0 Å². The van der Waals surface area contributed by atoms with Gasteiger partial charge in [-0.25, -0.2) is 5.01 Å². The predicted octanol–water partition coefficient (Wildman–Crippen LogP) is 3.38. The zero-order chi connectivity index (χ0) is 19.0. The molecule has 2 aliphatic carbocycles. The van der Waals surface area contributed by atoms with E-state index in [1.165, 1.54) is 5.01 Å². The molecule has 140 valence electrons. The van der Waals surface area contributed by atoms with Crippen LogP contribution < -0.4 is 5.43 Å². The van der Waals surface area contributed by atoms with Crippen LogP contribution in [0.4, 0.5) is 0 Å². The van der Waals surface area contributed by atoms with Gasteiger partial charge in [0.2, 0.25) is 5.91 Å². The van der Waals surface area contributed by atoms with Crippen LogP contribution in [0.1, 0.15) is 31.1 Å². The first-order valence-corrected chi connectivity index (χ1v) is 8.48. The third kappa shape index (κ3) is 7.67. The summed E-state index contributed by atoms with van der Waals surface area (Å²) in [7, 11) is 0. The van der Waals surface area contributed by atoms with Crippen LogP contribution in [0.2, 0.25) is 0 Å². The fourth-order valence-electron chi connectivity index (χ4n) is 2.25. The van der Waals surface area contributed by atoms with Crippen LogP contribution in [0.25, 0.3) is 0 Å². The fraction of sp³-hybridized carbons (Fsp3) is 0.182. The Hall–Kier alpha value is -1.32. The van der Waals surface area contributed by atoms with Crippen molar-refractivity contribution in [3.05, 3.63) is 99.6 Å². The second-order valence-electron chi connectivity index (χ2n) is 6.75. The molecule has 3 rings (SSSR count). The Morgan fingerprint density at radius 1 is 0.815 bits per heavy atom. The van der Waals surface area contributed by atoms with Crippen molar-refractivity contribution in [1.29, 1.82) is 0 Å². The Morgan fingerprint density at radius 3 is 1.74 bits per heavy atom. The van der Waals surface area contributed by atoms with Crippen LogP contribution >= 0.6 is 0 Å². The summed E-state index contributed by atoms with van der Waals surface area (Å²) in [4.78, 5) is 24.8. The molecule has 0 unspecified atom stereocenters. The van der Waals surface area contributed by atoms with Crippen LogP contribution in [0, 0.1) is 63.7 Å². The minimum absolute atomic E-state index is 0. The molecule has 5 heteroatoms. The molecule has 1 N–H and O–H groups in total. The van der Waals surface area contributed by atoms with Gasteiger partial charge in [0.15, 0.2) is 0 Å². The molecule has 10 radical (unpaired) electrons. The quantitative estimate of drug-likeness (QED) is 0.607. The molecule has 27 heavy (non-hydrogen) atoms. The van der Waals surface area contributed by atoms with E-state index in [1.54, 1.807) is 49.9 Å². The number of nitrogens with zero attached hydrogens (tertiary/aromatic N) is 1. The molecular weight excluding hydrogens is 380 g/mol. The molecule has 1 aromatic carbocycles. The smallest absolute Gasteiger partial charge is 0.273 e. The normalized spacial score (nSPS) is 16.7. The number of carbonyl (C=O) groups excluding carboxylic acids is 2. The molecule has 0 bridgehead atoms. The first-order valence-electron chi connectivity index (χ1n) is 8.48. The molecule has 2 fully saturated rings. The van der Waals surface area contributed by atoms with E-state index in [0.29, 0.717) is 11.5 Å². The summed E-state index contributed by atoms with van der Waals surface area (Å²) in [6.45, 7) is 5.62. The van der Waals surface area contributed by atoms with Crippen molar-refractivity contribution in [3.8, 4) is 0 Å². The van der Waals surface area contributed by atoms with E-state index in [9.17, 15) is 9.59 Å². The summed E-state index contributed by atoms with van der Waals surface area (Å²) in [6, 6.07) is 8.91. The van der Waals surface area contributed by atoms with Crippen LogP contribution in [-0.2, 0) is 21.9 Å². The average Bonchev–Trinajstić information content (AvgIpc) is 3.34. The van der Waals surface area contributed by atoms with Crippen LogP contribution in [-0.4, -0.2) is 22.4 Å². The van der Waals surface area contributed by atoms with Crippen molar-refractivity contribution in [2.24, 2.45) is 0 Å². The predicted molar refractivity (Wildman–Crippen MR) is 102 cm³/mol. The maximum atomic E-state index is 12.6. The number of rotatable bonds is 2. The summed E-state index contributed by atoms with van der Waals surface area (Å²) >= 11 is 0. The van der Waals surface area contributed by atoms with Crippen molar-refractivity contribution in [2.45, 2.75) is 26.3 Å². The summed E-state index contributed by atoms with van der Waals surface area (Å²) in [5.74, 6) is 0.00678. The van der Waals surface area contributed by atoms with Crippen molar-refractivity contribution < 1.29 is 26.7 Å². The monoisotopic (exact) mass is 404 g/mol. The SMILES string of the molecule is CC(C)(C)N(NC(=O)[C]1[CH][CH][CH][CH]1)C(=O)c1ccccc1.[CH]1[CH][CH][CH][CH]1.[Fe+2]. The van der Waals surface area contributed by atoms with Gasteiger partial charge in [0, 0.05) is 5.56 Å². The minimum Gasteiger partial charge on any atom is -0.273 e. The van der Waals surface area contributed by atoms with Gasteiger partial charge in [-0.3, -0.25) is 15.0 Å². The fourth-order valence-corrected chi connectivity index (χ4v) is 2.25. The second-order valence-corrected chi connectivity index (χ2v) is 6.75. The standard InChI is InChI=1S/C17H19N2O2.C5H5.Fe/c1-17(2,3)19(16(21)14-11-5-4-6-12-14)18-15(20)13-9-7-8-10-13;1-2-4-5-3-1;/h4-12H,1-3H3,(H,18,20);1-5H;/q;;+2. The Balaban J connectivity index is 0.000000526. The second kappa shape index (κ2) is 11.5. The van der Waals surface area contributed by atoms with Gasteiger partial charge >= 0.3 is 17.1 Å². The number of benzene rings is 1. The zero-order valence-electron chi connectivity index (χ0n) is 15.7. The van der Waals surface area contributed by atoms with E-state index in [2.05, 4.69) is 5.43 Å². The van der Waals surface area contributed by atoms with Gasteiger partial charge in [-0.2, -0.15) is 0 Å². The van der Waals surface area contributed by atoms with Crippen molar-refractivity contribution in [3.63, 3.8) is 0 Å². The number of hydrogen-bond acceptors (Lipinski definition) is 2. The van der Waals surface area contributed by atoms with Crippen LogP contribution in [0.5, 0.6) is 0 Å². The molecule has 2 amide bonds. The van der Waals surface area contributed by atoms with E-state index < -0.39 is 5.54 Å². The molecule has 0 spiro atoms. The molecule has 0 aliphatic heterocycles. The Labute approximate surface area is 174 Å². The van der Waals surface area contributed by atoms with Crippen LogP contribution in [0.3, 0.4) is 0 Å².